The monoisotopic (exact) mass is 299 g/mol. The maximum Gasteiger partial charge on any atom is 0.327 e. The van der Waals surface area contributed by atoms with Gasteiger partial charge >= 0.3 is 5.97 Å². The van der Waals surface area contributed by atoms with E-state index >= 15 is 0 Å². The van der Waals surface area contributed by atoms with Crippen molar-refractivity contribution >= 4 is 23.3 Å². The number of carbonyl (C=O) groups is 1. The fourth-order valence-corrected chi connectivity index (χ4v) is 2.37. The van der Waals surface area contributed by atoms with Crippen LogP contribution < -0.4 is 10.9 Å². The lowest BCUT2D eigenvalue weighted by Gasteiger charge is -2.38. The molecule has 20 heavy (non-hydrogen) atoms. The van der Waals surface area contributed by atoms with Crippen LogP contribution in [0.5, 0.6) is 0 Å². The van der Waals surface area contributed by atoms with Crippen molar-refractivity contribution < 1.29 is 9.53 Å². The van der Waals surface area contributed by atoms with Crippen LogP contribution in [-0.4, -0.2) is 29.4 Å². The van der Waals surface area contributed by atoms with E-state index in [2.05, 4.69) is 22.1 Å². The van der Waals surface area contributed by atoms with Gasteiger partial charge in [0.05, 0.1) is 19.0 Å². The predicted molar refractivity (Wildman–Crippen MR) is 76.0 cm³/mol. The van der Waals surface area contributed by atoms with Gasteiger partial charge in [-0.15, -0.1) is 0 Å². The van der Waals surface area contributed by atoms with Gasteiger partial charge in [-0.3, -0.25) is 9.59 Å². The Balaban J connectivity index is 2.10. The van der Waals surface area contributed by atoms with Gasteiger partial charge in [0.2, 0.25) is 0 Å². The van der Waals surface area contributed by atoms with E-state index in [0.717, 1.165) is 11.2 Å². The van der Waals surface area contributed by atoms with Gasteiger partial charge in [-0.25, -0.2) is 4.68 Å². The zero-order valence-corrected chi connectivity index (χ0v) is 12.4. The lowest BCUT2D eigenvalue weighted by molar-refractivity contribution is -0.141. The molecule has 1 aliphatic carbocycles. The van der Waals surface area contributed by atoms with Crippen LogP contribution in [0.3, 0.4) is 0 Å². The number of methoxy groups -OCH3 is 1. The van der Waals surface area contributed by atoms with E-state index in [1.807, 2.05) is 0 Å². The maximum absolute atomic E-state index is 12.0. The fraction of sp³-hybridized carbons (Fsp3) is 0.615. The lowest BCUT2D eigenvalue weighted by atomic mass is 9.70. The molecule has 7 heteroatoms. The van der Waals surface area contributed by atoms with Crippen LogP contribution in [0.25, 0.3) is 0 Å². The van der Waals surface area contributed by atoms with Crippen molar-refractivity contribution in [3.63, 3.8) is 0 Å². The third-order valence-electron chi connectivity index (χ3n) is 3.76. The third kappa shape index (κ3) is 3.12. The molecule has 0 unspecified atom stereocenters. The zero-order valence-electron chi connectivity index (χ0n) is 11.6. The molecule has 6 nitrogen and oxygen atoms in total. The van der Waals surface area contributed by atoms with Gasteiger partial charge in [0, 0.05) is 6.54 Å². The zero-order chi connectivity index (χ0) is 14.8. The molecule has 110 valence electrons. The average Bonchev–Trinajstić information content (AvgIpc) is 2.40. The van der Waals surface area contributed by atoms with Crippen molar-refractivity contribution in [2.45, 2.75) is 32.7 Å². The van der Waals surface area contributed by atoms with Gasteiger partial charge in [0.15, 0.2) is 0 Å². The van der Waals surface area contributed by atoms with Gasteiger partial charge < -0.3 is 10.1 Å². The minimum absolute atomic E-state index is 0.0480. The van der Waals surface area contributed by atoms with Crippen molar-refractivity contribution in [2.24, 2.45) is 5.41 Å². The third-order valence-corrected chi connectivity index (χ3v) is 4.12. The second-order valence-corrected chi connectivity index (χ2v) is 5.81. The first-order chi connectivity index (χ1) is 9.45. The molecule has 0 amide bonds. The molecule has 1 heterocycles. The summed E-state index contributed by atoms with van der Waals surface area (Å²) in [6.07, 6.45) is 5.05. The maximum atomic E-state index is 12.0. The Morgan fingerprint density at radius 3 is 2.85 bits per heavy atom. The van der Waals surface area contributed by atoms with Crippen LogP contribution in [0, 0.1) is 5.41 Å². The van der Waals surface area contributed by atoms with Gasteiger partial charge in [0.25, 0.3) is 5.56 Å². The number of hydrogen-bond donors (Lipinski definition) is 1. The first-order valence-electron chi connectivity index (χ1n) is 6.51. The summed E-state index contributed by atoms with van der Waals surface area (Å²) in [5.74, 6) is -0.543. The molecule has 1 aromatic heterocycles. The van der Waals surface area contributed by atoms with Crippen LogP contribution in [0.1, 0.15) is 26.2 Å². The van der Waals surface area contributed by atoms with Crippen LogP contribution in [0.4, 0.5) is 5.69 Å². The molecule has 0 spiro atoms. The molecule has 0 aromatic carbocycles. The van der Waals surface area contributed by atoms with Gasteiger partial charge in [-0.2, -0.15) is 5.10 Å². The summed E-state index contributed by atoms with van der Waals surface area (Å²) in [5.41, 5.74) is 0.274. The number of esters is 1. The van der Waals surface area contributed by atoms with Gasteiger partial charge in [0.1, 0.15) is 11.6 Å². The number of carbonyl (C=O) groups excluding carboxylic acids is 1. The van der Waals surface area contributed by atoms with E-state index in [0.29, 0.717) is 5.69 Å². The Morgan fingerprint density at radius 1 is 1.60 bits per heavy atom. The first kappa shape index (κ1) is 14.8. The molecule has 1 saturated carbocycles. The predicted octanol–water partition coefficient (Wildman–Crippen LogP) is 1.67. The molecule has 1 aromatic rings. The molecular formula is C13H18ClN3O3. The highest BCUT2D eigenvalue weighted by atomic mass is 35.5. The Bertz CT molecular complexity index is 566. The minimum atomic E-state index is -0.543. The molecule has 0 atom stereocenters. The van der Waals surface area contributed by atoms with Gasteiger partial charge in [-0.1, -0.05) is 24.9 Å². The first-order valence-corrected chi connectivity index (χ1v) is 6.89. The van der Waals surface area contributed by atoms with E-state index in [1.54, 1.807) is 0 Å². The summed E-state index contributed by atoms with van der Waals surface area (Å²) in [7, 11) is 1.25. The number of nitrogens with zero attached hydrogens (tertiary/aromatic N) is 2. The molecular weight excluding hydrogens is 282 g/mol. The van der Waals surface area contributed by atoms with E-state index in [9.17, 15) is 9.59 Å². The summed E-state index contributed by atoms with van der Waals surface area (Å²) < 4.78 is 5.49. The molecule has 0 radical (unpaired) electrons. The highest BCUT2D eigenvalue weighted by Gasteiger charge is 2.31. The summed E-state index contributed by atoms with van der Waals surface area (Å²) in [6, 6.07) is 0. The van der Waals surface area contributed by atoms with Crippen LogP contribution in [-0.2, 0) is 16.1 Å². The molecule has 1 N–H and O–H groups in total. The molecule has 2 rings (SSSR count). The summed E-state index contributed by atoms with van der Waals surface area (Å²) in [6.45, 7) is 2.71. The van der Waals surface area contributed by atoms with Crippen molar-refractivity contribution in [1.82, 2.24) is 9.78 Å². The Labute approximate surface area is 122 Å². The SMILES string of the molecule is COC(=O)Cn1ncc(NCC2(C)CCC2)c(Cl)c1=O. The number of rotatable bonds is 5. The van der Waals surface area contributed by atoms with Crippen LogP contribution in [0.2, 0.25) is 5.02 Å². The normalized spacial score (nSPS) is 16.4. The smallest absolute Gasteiger partial charge is 0.327 e. The molecule has 0 bridgehead atoms. The lowest BCUT2D eigenvalue weighted by Crippen LogP contribution is -2.34. The largest absolute Gasteiger partial charge is 0.468 e. The number of halogens is 1. The molecule has 0 aliphatic heterocycles. The topological polar surface area (TPSA) is 73.2 Å². The minimum Gasteiger partial charge on any atom is -0.468 e. The highest BCUT2D eigenvalue weighted by Crippen LogP contribution is 2.40. The average molecular weight is 300 g/mol. The van der Waals surface area contributed by atoms with Gasteiger partial charge in [-0.05, 0) is 18.3 Å². The van der Waals surface area contributed by atoms with E-state index < -0.39 is 11.5 Å². The fourth-order valence-electron chi connectivity index (χ4n) is 2.15. The van der Waals surface area contributed by atoms with Crippen LogP contribution in [0.15, 0.2) is 11.0 Å². The summed E-state index contributed by atoms with van der Waals surface area (Å²) >= 11 is 6.03. The number of anilines is 1. The number of nitrogens with one attached hydrogen (secondary N) is 1. The van der Waals surface area contributed by atoms with E-state index in [-0.39, 0.29) is 17.0 Å². The quantitative estimate of drug-likeness (QED) is 0.837. The number of ether oxygens (including phenoxy) is 1. The Morgan fingerprint density at radius 2 is 2.30 bits per heavy atom. The molecule has 1 aliphatic rings. The summed E-state index contributed by atoms with van der Waals surface area (Å²) in [4.78, 5) is 23.1. The standard InChI is InChI=1S/C13H18ClN3O3/c1-13(4-3-5-13)8-15-9-6-16-17(7-10(18)20-2)12(19)11(9)14/h6,15H,3-5,7-8H2,1-2H3. The van der Waals surface area contributed by atoms with Crippen molar-refractivity contribution in [3.8, 4) is 0 Å². The molecule has 0 saturated heterocycles. The Hall–Kier alpha value is -1.56. The van der Waals surface area contributed by atoms with E-state index in [1.165, 1.54) is 32.6 Å². The molecule has 1 fully saturated rings. The van der Waals surface area contributed by atoms with Crippen molar-refractivity contribution in [1.29, 1.82) is 0 Å². The number of aromatic nitrogens is 2. The highest BCUT2D eigenvalue weighted by molar-refractivity contribution is 6.32. The second kappa shape index (κ2) is 5.83. The van der Waals surface area contributed by atoms with E-state index in [4.69, 9.17) is 11.6 Å². The van der Waals surface area contributed by atoms with Crippen molar-refractivity contribution in [2.75, 3.05) is 19.0 Å². The summed E-state index contributed by atoms with van der Waals surface area (Å²) in [5, 5.41) is 7.14. The second-order valence-electron chi connectivity index (χ2n) is 5.43. The van der Waals surface area contributed by atoms with Crippen LogP contribution >= 0.6 is 11.6 Å². The number of hydrogen-bond acceptors (Lipinski definition) is 5. The Kier molecular flexibility index (Phi) is 4.32. The van der Waals surface area contributed by atoms with Crippen molar-refractivity contribution in [3.05, 3.63) is 21.6 Å².